The van der Waals surface area contributed by atoms with E-state index in [0.717, 1.165) is 17.2 Å². The lowest BCUT2D eigenvalue weighted by Gasteiger charge is -1.97. The number of aldehydes is 1. The smallest absolute Gasteiger partial charge is 0.151 e. The first-order chi connectivity index (χ1) is 6.22. The fourth-order valence-corrected chi connectivity index (χ4v) is 1.49. The number of aryl methyl sites for hydroxylation is 1. The lowest BCUT2D eigenvalue weighted by molar-refractivity contribution is 0.112. The normalized spacial score (nSPS) is 10.6. The minimum absolute atomic E-state index is 0.468. The van der Waals surface area contributed by atoms with Gasteiger partial charge in [0, 0.05) is 18.0 Å². The van der Waals surface area contributed by atoms with Gasteiger partial charge >= 0.3 is 0 Å². The minimum Gasteiger partial charge on any atom is -0.298 e. The van der Waals surface area contributed by atoms with E-state index in [1.807, 2.05) is 7.05 Å². The van der Waals surface area contributed by atoms with Crippen molar-refractivity contribution in [2.75, 3.05) is 0 Å². The van der Waals surface area contributed by atoms with Crippen molar-refractivity contribution >= 4 is 28.8 Å². The van der Waals surface area contributed by atoms with E-state index in [1.165, 1.54) is 0 Å². The van der Waals surface area contributed by atoms with Crippen LogP contribution in [-0.2, 0) is 7.05 Å². The van der Waals surface area contributed by atoms with Crippen LogP contribution in [0.4, 0.5) is 0 Å². The van der Waals surface area contributed by atoms with Crippen molar-refractivity contribution in [2.24, 2.45) is 7.05 Å². The summed E-state index contributed by atoms with van der Waals surface area (Å²) in [6.07, 6.45) is 2.46. The Morgan fingerprint density at radius 2 is 2.31 bits per heavy atom. The Kier molecular flexibility index (Phi) is 1.81. The molecule has 0 saturated heterocycles. The molecule has 0 spiro atoms. The predicted octanol–water partition coefficient (Wildman–Crippen LogP) is 2.04. The molecule has 2 rings (SSSR count). The van der Waals surface area contributed by atoms with Crippen molar-refractivity contribution in [3.8, 4) is 0 Å². The maximum Gasteiger partial charge on any atom is 0.151 e. The number of carbonyl (C=O) groups excluding carboxylic acids is 1. The number of hydrogen-bond acceptors (Lipinski definition) is 2. The van der Waals surface area contributed by atoms with Crippen molar-refractivity contribution in [1.29, 1.82) is 0 Å². The second-order valence-corrected chi connectivity index (χ2v) is 3.23. The predicted molar refractivity (Wildman–Crippen MR) is 51.1 cm³/mol. The molecule has 0 bridgehead atoms. The minimum atomic E-state index is 0.468. The summed E-state index contributed by atoms with van der Waals surface area (Å²) in [5.41, 5.74) is 1.41. The van der Waals surface area contributed by atoms with Crippen molar-refractivity contribution in [3.63, 3.8) is 0 Å². The zero-order chi connectivity index (χ0) is 9.42. The van der Waals surface area contributed by atoms with Crippen molar-refractivity contribution < 1.29 is 4.79 Å². The molecule has 0 saturated carbocycles. The van der Waals surface area contributed by atoms with E-state index in [2.05, 4.69) is 5.10 Å². The largest absolute Gasteiger partial charge is 0.298 e. The summed E-state index contributed by atoms with van der Waals surface area (Å²) >= 11 is 5.84. The lowest BCUT2D eigenvalue weighted by Crippen LogP contribution is -1.90. The van der Waals surface area contributed by atoms with Gasteiger partial charge in [-0.05, 0) is 12.1 Å². The fourth-order valence-electron chi connectivity index (χ4n) is 1.28. The van der Waals surface area contributed by atoms with Crippen molar-refractivity contribution in [2.45, 2.75) is 0 Å². The molecule has 1 aromatic carbocycles. The maximum absolute atomic E-state index is 10.6. The standard InChI is InChI=1S/C9H7ClN2O/c1-12-9-3-7(5-13)8(10)2-6(9)4-11-12/h2-5H,1H3. The van der Waals surface area contributed by atoms with E-state index in [-0.39, 0.29) is 0 Å². The summed E-state index contributed by atoms with van der Waals surface area (Å²) in [6.45, 7) is 0. The Morgan fingerprint density at radius 1 is 1.54 bits per heavy atom. The second-order valence-electron chi connectivity index (χ2n) is 2.82. The molecule has 0 aliphatic heterocycles. The average molecular weight is 195 g/mol. The van der Waals surface area contributed by atoms with Gasteiger partial charge in [0.05, 0.1) is 16.7 Å². The molecule has 1 aromatic heterocycles. The number of aromatic nitrogens is 2. The first-order valence-electron chi connectivity index (χ1n) is 3.79. The van der Waals surface area contributed by atoms with Gasteiger partial charge in [-0.3, -0.25) is 9.48 Å². The van der Waals surface area contributed by atoms with Crippen LogP contribution in [-0.4, -0.2) is 16.1 Å². The Morgan fingerprint density at radius 3 is 3.00 bits per heavy atom. The fraction of sp³-hybridized carbons (Fsp3) is 0.111. The third kappa shape index (κ3) is 1.21. The van der Waals surface area contributed by atoms with Crippen molar-refractivity contribution in [1.82, 2.24) is 9.78 Å². The molecular formula is C9H7ClN2O. The van der Waals surface area contributed by atoms with E-state index in [0.29, 0.717) is 10.6 Å². The van der Waals surface area contributed by atoms with E-state index >= 15 is 0 Å². The molecule has 0 N–H and O–H groups in total. The van der Waals surface area contributed by atoms with Crippen molar-refractivity contribution in [3.05, 3.63) is 28.9 Å². The monoisotopic (exact) mass is 194 g/mol. The number of carbonyl (C=O) groups is 1. The lowest BCUT2D eigenvalue weighted by atomic mass is 10.2. The highest BCUT2D eigenvalue weighted by Gasteiger charge is 2.04. The highest BCUT2D eigenvalue weighted by Crippen LogP contribution is 2.22. The Bertz CT molecular complexity index is 476. The summed E-state index contributed by atoms with van der Waals surface area (Å²) in [5.74, 6) is 0. The summed E-state index contributed by atoms with van der Waals surface area (Å²) in [7, 11) is 1.82. The zero-order valence-corrected chi connectivity index (χ0v) is 7.75. The van der Waals surface area contributed by atoms with Gasteiger partial charge in [0.15, 0.2) is 6.29 Å². The first-order valence-corrected chi connectivity index (χ1v) is 4.16. The van der Waals surface area contributed by atoms with Crippen LogP contribution in [0, 0.1) is 0 Å². The van der Waals surface area contributed by atoms with Crippen LogP contribution >= 0.6 is 11.6 Å². The first kappa shape index (κ1) is 8.26. The van der Waals surface area contributed by atoms with Gasteiger partial charge in [0.1, 0.15) is 0 Å². The molecule has 0 aliphatic carbocycles. The summed E-state index contributed by atoms with van der Waals surface area (Å²) in [5, 5.41) is 5.47. The van der Waals surface area contributed by atoms with Gasteiger partial charge in [-0.25, -0.2) is 0 Å². The molecule has 66 valence electrons. The van der Waals surface area contributed by atoms with Crippen LogP contribution in [0.5, 0.6) is 0 Å². The topological polar surface area (TPSA) is 34.9 Å². The molecule has 0 unspecified atom stereocenters. The molecule has 3 nitrogen and oxygen atoms in total. The van der Waals surface area contributed by atoms with E-state index in [9.17, 15) is 4.79 Å². The summed E-state index contributed by atoms with van der Waals surface area (Å²) < 4.78 is 1.71. The molecule has 0 aliphatic rings. The highest BCUT2D eigenvalue weighted by atomic mass is 35.5. The maximum atomic E-state index is 10.6. The molecule has 0 radical (unpaired) electrons. The number of fused-ring (bicyclic) bond motifs is 1. The number of nitrogens with zero attached hydrogens (tertiary/aromatic N) is 2. The van der Waals surface area contributed by atoms with Crippen LogP contribution in [0.15, 0.2) is 18.3 Å². The third-order valence-corrected chi connectivity index (χ3v) is 2.32. The van der Waals surface area contributed by atoms with Crippen LogP contribution in [0.1, 0.15) is 10.4 Å². The van der Waals surface area contributed by atoms with Gasteiger partial charge in [-0.1, -0.05) is 11.6 Å². The molecule has 13 heavy (non-hydrogen) atoms. The third-order valence-electron chi connectivity index (χ3n) is 1.99. The van der Waals surface area contributed by atoms with E-state index < -0.39 is 0 Å². The Balaban J connectivity index is 2.84. The highest BCUT2D eigenvalue weighted by molar-refractivity contribution is 6.33. The van der Waals surface area contributed by atoms with Crippen LogP contribution in [0.3, 0.4) is 0 Å². The zero-order valence-electron chi connectivity index (χ0n) is 6.99. The van der Waals surface area contributed by atoms with Crippen LogP contribution in [0.2, 0.25) is 5.02 Å². The number of benzene rings is 1. The van der Waals surface area contributed by atoms with Gasteiger partial charge in [0.25, 0.3) is 0 Å². The quantitative estimate of drug-likeness (QED) is 0.652. The number of halogens is 1. The van der Waals surface area contributed by atoms with Gasteiger partial charge in [-0.2, -0.15) is 5.10 Å². The molecule has 1 heterocycles. The molecular weight excluding hydrogens is 188 g/mol. The number of hydrogen-bond donors (Lipinski definition) is 0. The van der Waals surface area contributed by atoms with Gasteiger partial charge in [-0.15, -0.1) is 0 Å². The summed E-state index contributed by atoms with van der Waals surface area (Å²) in [6, 6.07) is 3.48. The van der Waals surface area contributed by atoms with Crippen LogP contribution in [0.25, 0.3) is 10.9 Å². The molecule has 2 aromatic rings. The summed E-state index contributed by atoms with van der Waals surface area (Å²) in [4.78, 5) is 10.6. The Hall–Kier alpha value is -1.35. The van der Waals surface area contributed by atoms with E-state index in [4.69, 9.17) is 11.6 Å². The van der Waals surface area contributed by atoms with Gasteiger partial charge < -0.3 is 0 Å². The number of rotatable bonds is 1. The average Bonchev–Trinajstić information content (AvgIpc) is 2.46. The molecule has 0 fully saturated rings. The van der Waals surface area contributed by atoms with Crippen LogP contribution < -0.4 is 0 Å². The second kappa shape index (κ2) is 2.85. The van der Waals surface area contributed by atoms with Gasteiger partial charge in [0.2, 0.25) is 0 Å². The molecule has 0 atom stereocenters. The SMILES string of the molecule is Cn1ncc2cc(Cl)c(C=O)cc21. The van der Waals surface area contributed by atoms with E-state index in [1.54, 1.807) is 23.0 Å². The molecule has 4 heteroatoms. The molecule has 0 amide bonds. The Labute approximate surface area is 79.9 Å².